The molecule has 0 radical (unpaired) electrons. The second-order valence-electron chi connectivity index (χ2n) is 4.27. The second-order valence-corrected chi connectivity index (χ2v) is 5.41. The Labute approximate surface area is 127 Å². The van der Waals surface area contributed by atoms with Crippen molar-refractivity contribution in [3.05, 3.63) is 36.0 Å². The van der Waals surface area contributed by atoms with Crippen molar-refractivity contribution >= 4 is 29.3 Å². The van der Waals surface area contributed by atoms with Crippen LogP contribution in [0.2, 0.25) is 0 Å². The summed E-state index contributed by atoms with van der Waals surface area (Å²) in [5, 5.41) is 11.5. The number of nitrogens with zero attached hydrogens (tertiary/aromatic N) is 1. The van der Waals surface area contributed by atoms with Gasteiger partial charge < -0.3 is 10.4 Å². The molecule has 1 aromatic carbocycles. The maximum Gasteiger partial charge on any atom is 0.446 e. The van der Waals surface area contributed by atoms with Gasteiger partial charge in [-0.3, -0.25) is 14.5 Å². The van der Waals surface area contributed by atoms with Gasteiger partial charge in [-0.15, -0.1) is 0 Å². The average molecular weight is 332 g/mol. The predicted octanol–water partition coefficient (Wildman–Crippen LogP) is 1.96. The van der Waals surface area contributed by atoms with Gasteiger partial charge in [0.2, 0.25) is 0 Å². The lowest BCUT2D eigenvalue weighted by Gasteiger charge is -2.13. The number of carbonyl (C=O) groups is 2. The number of anilines is 1. The summed E-state index contributed by atoms with van der Waals surface area (Å²) >= 11 is -0.239. The first-order valence-corrected chi connectivity index (χ1v) is 6.93. The van der Waals surface area contributed by atoms with E-state index in [0.29, 0.717) is 5.69 Å². The number of aliphatic hydroxyl groups is 1. The van der Waals surface area contributed by atoms with Gasteiger partial charge in [-0.25, -0.2) is 0 Å². The van der Waals surface area contributed by atoms with Gasteiger partial charge >= 0.3 is 5.51 Å². The van der Waals surface area contributed by atoms with Gasteiger partial charge in [-0.05, 0) is 36.0 Å². The fraction of sp³-hybridized carbons (Fsp3) is 0.231. The highest BCUT2D eigenvalue weighted by molar-refractivity contribution is 8.00. The van der Waals surface area contributed by atoms with Crippen LogP contribution < -0.4 is 5.32 Å². The Morgan fingerprint density at radius 3 is 2.36 bits per heavy atom. The first kappa shape index (κ1) is 16.4. The molecule has 22 heavy (non-hydrogen) atoms. The molecule has 5 nitrogen and oxygen atoms in total. The molecule has 0 unspecified atom stereocenters. The van der Waals surface area contributed by atoms with E-state index in [1.807, 2.05) is 0 Å². The Hall–Kier alpha value is -2.00. The number of β-amino-alcohol motifs (C(OH)–C–C–N with tert-alkyl or cyclic N) is 1. The van der Waals surface area contributed by atoms with Crippen molar-refractivity contribution in [1.29, 1.82) is 0 Å². The third-order valence-corrected chi connectivity index (χ3v) is 3.44. The molecule has 1 heterocycles. The summed E-state index contributed by atoms with van der Waals surface area (Å²) in [5.74, 6) is -1.14. The monoisotopic (exact) mass is 332 g/mol. The van der Waals surface area contributed by atoms with Crippen LogP contribution in [-0.2, 0) is 9.59 Å². The van der Waals surface area contributed by atoms with E-state index < -0.39 is 17.3 Å². The molecule has 1 aromatic rings. The summed E-state index contributed by atoms with van der Waals surface area (Å²) in [6, 6.07) is 5.27. The van der Waals surface area contributed by atoms with Gasteiger partial charge in [0.15, 0.2) is 0 Å². The molecule has 118 valence electrons. The van der Waals surface area contributed by atoms with E-state index in [9.17, 15) is 22.8 Å². The lowest BCUT2D eigenvalue weighted by Crippen LogP contribution is -2.34. The van der Waals surface area contributed by atoms with Crippen LogP contribution in [0.25, 0.3) is 0 Å². The fourth-order valence-corrected chi connectivity index (χ4v) is 2.34. The number of carbonyl (C=O) groups excluding carboxylic acids is 2. The number of hydrogen-bond acceptors (Lipinski definition) is 5. The normalized spacial score (nSPS) is 15.3. The van der Waals surface area contributed by atoms with E-state index >= 15 is 0 Å². The Morgan fingerprint density at radius 2 is 1.82 bits per heavy atom. The Kier molecular flexibility index (Phi) is 4.77. The highest BCUT2D eigenvalue weighted by Gasteiger charge is 2.31. The van der Waals surface area contributed by atoms with Crippen molar-refractivity contribution in [2.75, 3.05) is 18.5 Å². The summed E-state index contributed by atoms with van der Waals surface area (Å²) in [7, 11) is 0. The minimum absolute atomic E-state index is 0.00896. The third kappa shape index (κ3) is 4.01. The minimum Gasteiger partial charge on any atom is -0.395 e. The smallest absolute Gasteiger partial charge is 0.395 e. The van der Waals surface area contributed by atoms with E-state index in [0.717, 1.165) is 11.0 Å². The first-order chi connectivity index (χ1) is 10.3. The molecule has 1 aliphatic rings. The number of thioether (sulfide) groups is 1. The molecule has 0 aromatic heterocycles. The van der Waals surface area contributed by atoms with Crippen molar-refractivity contribution in [2.24, 2.45) is 0 Å². The largest absolute Gasteiger partial charge is 0.446 e. The number of aliphatic hydroxyl groups excluding tert-OH is 1. The number of imide groups is 1. The van der Waals surface area contributed by atoms with E-state index in [2.05, 4.69) is 5.32 Å². The maximum absolute atomic E-state index is 12.2. The molecule has 0 aliphatic carbocycles. The van der Waals surface area contributed by atoms with Crippen molar-refractivity contribution in [1.82, 2.24) is 4.90 Å². The summed E-state index contributed by atoms with van der Waals surface area (Å²) in [5.41, 5.74) is -3.98. The lowest BCUT2D eigenvalue weighted by molar-refractivity contribution is -0.137. The highest BCUT2D eigenvalue weighted by atomic mass is 32.2. The van der Waals surface area contributed by atoms with Crippen LogP contribution in [0.1, 0.15) is 0 Å². The molecule has 2 rings (SSSR count). The van der Waals surface area contributed by atoms with E-state index in [4.69, 9.17) is 5.11 Å². The van der Waals surface area contributed by atoms with Crippen molar-refractivity contribution in [3.8, 4) is 0 Å². The van der Waals surface area contributed by atoms with Crippen LogP contribution in [0.4, 0.5) is 18.9 Å². The molecule has 0 bridgehead atoms. The zero-order chi connectivity index (χ0) is 16.3. The highest BCUT2D eigenvalue weighted by Crippen LogP contribution is 2.37. The minimum atomic E-state index is -4.36. The van der Waals surface area contributed by atoms with Crippen LogP contribution in [0.15, 0.2) is 40.9 Å². The number of rotatable bonds is 5. The summed E-state index contributed by atoms with van der Waals surface area (Å²) < 4.78 is 36.6. The number of hydrogen-bond donors (Lipinski definition) is 2. The topological polar surface area (TPSA) is 69.6 Å². The van der Waals surface area contributed by atoms with Gasteiger partial charge in [0, 0.05) is 16.7 Å². The molecule has 0 fully saturated rings. The van der Waals surface area contributed by atoms with Gasteiger partial charge in [-0.2, -0.15) is 13.2 Å². The second kappa shape index (κ2) is 6.41. The van der Waals surface area contributed by atoms with Gasteiger partial charge in [0.1, 0.15) is 5.70 Å². The SMILES string of the molecule is O=C1C=C(Nc2ccc(SC(F)(F)F)cc2)C(=O)N1CCO. The number of benzene rings is 1. The van der Waals surface area contributed by atoms with Crippen LogP contribution in [-0.4, -0.2) is 40.5 Å². The van der Waals surface area contributed by atoms with Crippen LogP contribution in [0.3, 0.4) is 0 Å². The van der Waals surface area contributed by atoms with Crippen molar-refractivity contribution < 1.29 is 27.9 Å². The third-order valence-electron chi connectivity index (χ3n) is 2.70. The molecule has 2 amide bonds. The molecule has 0 saturated carbocycles. The van der Waals surface area contributed by atoms with Crippen LogP contribution in [0, 0.1) is 0 Å². The maximum atomic E-state index is 12.2. The first-order valence-electron chi connectivity index (χ1n) is 6.11. The van der Waals surface area contributed by atoms with Crippen LogP contribution >= 0.6 is 11.8 Å². The van der Waals surface area contributed by atoms with E-state index in [1.54, 1.807) is 0 Å². The van der Waals surface area contributed by atoms with Gasteiger partial charge in [-0.1, -0.05) is 0 Å². The van der Waals surface area contributed by atoms with Crippen molar-refractivity contribution in [3.63, 3.8) is 0 Å². The molecule has 0 saturated heterocycles. The van der Waals surface area contributed by atoms with Crippen LogP contribution in [0.5, 0.6) is 0 Å². The summed E-state index contributed by atoms with van der Waals surface area (Å²) in [6.07, 6.45) is 1.08. The number of amides is 2. The Balaban J connectivity index is 2.04. The quantitative estimate of drug-likeness (QED) is 0.637. The molecule has 0 atom stereocenters. The zero-order valence-corrected chi connectivity index (χ0v) is 11.9. The Morgan fingerprint density at radius 1 is 1.18 bits per heavy atom. The Bertz CT molecular complexity index is 614. The molecule has 1 aliphatic heterocycles. The summed E-state index contributed by atoms with van der Waals surface area (Å²) in [4.78, 5) is 24.3. The van der Waals surface area contributed by atoms with Gasteiger partial charge in [0.05, 0.1) is 13.2 Å². The molecule has 0 spiro atoms. The average Bonchev–Trinajstić information content (AvgIpc) is 2.68. The van der Waals surface area contributed by atoms with Crippen molar-refractivity contribution in [2.45, 2.75) is 10.4 Å². The van der Waals surface area contributed by atoms with E-state index in [1.165, 1.54) is 24.3 Å². The number of alkyl halides is 3. The molecule has 9 heteroatoms. The standard InChI is InChI=1S/C13H11F3N2O3S/c14-13(15,16)22-9-3-1-8(2-4-9)17-10-7-11(20)18(5-6-19)12(10)21/h1-4,7,17,19H,5-6H2. The number of halogens is 3. The fourth-order valence-electron chi connectivity index (χ4n) is 1.81. The predicted molar refractivity (Wildman–Crippen MR) is 73.9 cm³/mol. The zero-order valence-electron chi connectivity index (χ0n) is 11.1. The molecular formula is C13H11F3N2O3S. The van der Waals surface area contributed by atoms with E-state index in [-0.39, 0.29) is 35.5 Å². The summed E-state index contributed by atoms with van der Waals surface area (Å²) in [6.45, 7) is -0.456. The molecule has 2 N–H and O–H groups in total. The number of nitrogens with one attached hydrogen (secondary N) is 1. The van der Waals surface area contributed by atoms with Gasteiger partial charge in [0.25, 0.3) is 11.8 Å². The lowest BCUT2D eigenvalue weighted by atomic mass is 10.3. The molecular weight excluding hydrogens is 321 g/mol.